The van der Waals surface area contributed by atoms with Gasteiger partial charge in [-0.2, -0.15) is 0 Å². The Morgan fingerprint density at radius 2 is 0.867 bits per heavy atom. The maximum atomic E-state index is 11.2. The molecule has 162 valence electrons. The van der Waals surface area contributed by atoms with E-state index in [1.165, 1.54) is 16.7 Å². The Hall–Kier alpha value is -2.54. The molecule has 0 heterocycles. The van der Waals surface area contributed by atoms with Crippen molar-refractivity contribution in [3.63, 3.8) is 0 Å². The van der Waals surface area contributed by atoms with Crippen LogP contribution in [-0.2, 0) is 0 Å². The van der Waals surface area contributed by atoms with E-state index in [0.717, 1.165) is 11.1 Å². The van der Waals surface area contributed by atoms with Gasteiger partial charge in [0.05, 0.1) is 0 Å². The Balaban J connectivity index is 0.00000106. The second kappa shape index (κ2) is 12.9. The smallest absolute Gasteiger partial charge is 0.123 e. The van der Waals surface area contributed by atoms with E-state index in [4.69, 9.17) is 0 Å². The highest BCUT2D eigenvalue weighted by molar-refractivity contribution is 5.52. The van der Waals surface area contributed by atoms with Crippen LogP contribution in [0.2, 0.25) is 0 Å². The van der Waals surface area contributed by atoms with E-state index in [-0.39, 0.29) is 11.8 Å². The molecule has 0 spiro atoms. The third-order valence-electron chi connectivity index (χ3n) is 5.39. The summed E-state index contributed by atoms with van der Waals surface area (Å²) in [5.41, 5.74) is 5.75. The maximum Gasteiger partial charge on any atom is 0.123 e. The molecule has 3 rings (SSSR count). The first-order valence-electron chi connectivity index (χ1n) is 11.5. The van der Waals surface area contributed by atoms with Crippen molar-refractivity contribution in [1.82, 2.24) is 0 Å². The summed E-state index contributed by atoms with van der Waals surface area (Å²) in [4.78, 5) is 0. The SMILES string of the molecule is CC.CC.CC(C)c1cc(C(C)c2ccccc2)c(O)c(C(C)c2ccccc2)c1. The molecule has 0 aliphatic carbocycles. The van der Waals surface area contributed by atoms with Crippen LogP contribution in [0, 0.1) is 0 Å². The summed E-state index contributed by atoms with van der Waals surface area (Å²) in [6.07, 6.45) is 0. The normalized spacial score (nSPS) is 12.2. The highest BCUT2D eigenvalue weighted by Gasteiger charge is 2.21. The zero-order valence-corrected chi connectivity index (χ0v) is 20.1. The van der Waals surface area contributed by atoms with Crippen molar-refractivity contribution >= 4 is 0 Å². The van der Waals surface area contributed by atoms with Crippen LogP contribution in [0.1, 0.15) is 101 Å². The molecule has 2 unspecified atom stereocenters. The second-order valence-electron chi connectivity index (χ2n) is 7.47. The Morgan fingerprint density at radius 1 is 0.533 bits per heavy atom. The van der Waals surface area contributed by atoms with Gasteiger partial charge in [-0.15, -0.1) is 0 Å². The molecule has 0 aromatic heterocycles. The highest BCUT2D eigenvalue weighted by Crippen LogP contribution is 2.40. The van der Waals surface area contributed by atoms with Crippen LogP contribution in [0.15, 0.2) is 72.8 Å². The molecule has 1 nitrogen and oxygen atoms in total. The van der Waals surface area contributed by atoms with Gasteiger partial charge in [-0.3, -0.25) is 0 Å². The van der Waals surface area contributed by atoms with Gasteiger partial charge in [0.2, 0.25) is 0 Å². The molecule has 0 radical (unpaired) electrons. The highest BCUT2D eigenvalue weighted by atomic mass is 16.3. The van der Waals surface area contributed by atoms with E-state index in [0.29, 0.717) is 11.7 Å². The summed E-state index contributed by atoms with van der Waals surface area (Å²) in [5.74, 6) is 1.15. The topological polar surface area (TPSA) is 20.2 Å². The number of rotatable bonds is 5. The van der Waals surface area contributed by atoms with Gasteiger partial charge in [-0.05, 0) is 22.6 Å². The minimum Gasteiger partial charge on any atom is -0.507 e. The summed E-state index contributed by atoms with van der Waals surface area (Å²) in [6, 6.07) is 25.2. The van der Waals surface area contributed by atoms with Crippen molar-refractivity contribution in [2.24, 2.45) is 0 Å². The van der Waals surface area contributed by atoms with Gasteiger partial charge in [0.15, 0.2) is 0 Å². The molecule has 0 aliphatic rings. The quantitative estimate of drug-likeness (QED) is 0.450. The lowest BCUT2D eigenvalue weighted by Crippen LogP contribution is -2.05. The van der Waals surface area contributed by atoms with Crippen molar-refractivity contribution in [2.45, 2.75) is 73.1 Å². The van der Waals surface area contributed by atoms with Crippen LogP contribution in [0.4, 0.5) is 0 Å². The van der Waals surface area contributed by atoms with Gasteiger partial charge in [0.25, 0.3) is 0 Å². The van der Waals surface area contributed by atoms with Crippen molar-refractivity contribution < 1.29 is 5.11 Å². The fourth-order valence-corrected chi connectivity index (χ4v) is 3.54. The predicted octanol–water partition coefficient (Wildman–Crippen LogP) is 8.87. The summed E-state index contributed by atoms with van der Waals surface area (Å²) >= 11 is 0. The number of phenolic OH excluding ortho intramolecular Hbond substituents is 1. The standard InChI is InChI=1S/C25H28O.2C2H6/c1-17(2)22-15-23(18(3)20-11-7-5-8-12-20)25(26)24(16-22)19(4)21-13-9-6-10-14-21;2*1-2/h5-19,26H,1-4H3;2*1-2H3. The zero-order valence-electron chi connectivity index (χ0n) is 20.1. The van der Waals surface area contributed by atoms with Crippen LogP contribution in [0.3, 0.4) is 0 Å². The first-order valence-corrected chi connectivity index (χ1v) is 11.5. The Labute approximate surface area is 184 Å². The van der Waals surface area contributed by atoms with Crippen LogP contribution < -0.4 is 0 Å². The first kappa shape index (κ1) is 25.5. The summed E-state index contributed by atoms with van der Waals surface area (Å²) in [5, 5.41) is 11.2. The van der Waals surface area contributed by atoms with Gasteiger partial charge in [-0.25, -0.2) is 0 Å². The zero-order chi connectivity index (χ0) is 22.7. The van der Waals surface area contributed by atoms with E-state index in [1.807, 2.05) is 39.8 Å². The lowest BCUT2D eigenvalue weighted by Gasteiger charge is -2.23. The molecule has 0 saturated heterocycles. The number of hydrogen-bond acceptors (Lipinski definition) is 1. The van der Waals surface area contributed by atoms with Crippen molar-refractivity contribution in [3.05, 3.63) is 101 Å². The average molecular weight is 405 g/mol. The molecule has 0 bridgehead atoms. The predicted molar refractivity (Wildman–Crippen MR) is 133 cm³/mol. The fourth-order valence-electron chi connectivity index (χ4n) is 3.54. The second-order valence-corrected chi connectivity index (χ2v) is 7.47. The summed E-state index contributed by atoms with van der Waals surface area (Å²) < 4.78 is 0. The number of phenols is 1. The maximum absolute atomic E-state index is 11.2. The molecule has 1 N–H and O–H groups in total. The summed E-state index contributed by atoms with van der Waals surface area (Å²) in [7, 11) is 0. The Kier molecular flexibility index (Phi) is 11.0. The molecule has 1 heteroatoms. The lowest BCUT2D eigenvalue weighted by atomic mass is 9.83. The van der Waals surface area contributed by atoms with E-state index in [1.54, 1.807) is 0 Å². The van der Waals surface area contributed by atoms with Crippen molar-refractivity contribution in [2.75, 3.05) is 0 Å². The molecule has 2 atom stereocenters. The minimum atomic E-state index is 0.150. The van der Waals surface area contributed by atoms with Gasteiger partial charge < -0.3 is 5.11 Å². The lowest BCUT2D eigenvalue weighted by molar-refractivity contribution is 0.456. The molecular formula is C29H40O. The molecule has 0 saturated carbocycles. The van der Waals surface area contributed by atoms with Gasteiger partial charge >= 0.3 is 0 Å². The molecule has 0 aliphatic heterocycles. The molecule has 0 fully saturated rings. The van der Waals surface area contributed by atoms with Gasteiger partial charge in [0.1, 0.15) is 5.75 Å². The van der Waals surface area contributed by atoms with E-state index in [2.05, 4.69) is 88.4 Å². The first-order chi connectivity index (χ1) is 14.5. The van der Waals surface area contributed by atoms with Gasteiger partial charge in [0, 0.05) is 23.0 Å². The van der Waals surface area contributed by atoms with E-state index in [9.17, 15) is 5.11 Å². The van der Waals surface area contributed by atoms with Crippen LogP contribution in [-0.4, -0.2) is 5.11 Å². The minimum absolute atomic E-state index is 0.150. The third kappa shape index (κ3) is 6.23. The molecule has 0 amide bonds. The largest absolute Gasteiger partial charge is 0.507 e. The Morgan fingerprint density at radius 3 is 1.17 bits per heavy atom. The summed E-state index contributed by atoms with van der Waals surface area (Å²) in [6.45, 7) is 16.8. The number of hydrogen-bond donors (Lipinski definition) is 1. The molecular weight excluding hydrogens is 364 g/mol. The van der Waals surface area contributed by atoms with Crippen LogP contribution in [0.25, 0.3) is 0 Å². The number of benzene rings is 3. The molecule has 30 heavy (non-hydrogen) atoms. The van der Waals surface area contributed by atoms with E-state index < -0.39 is 0 Å². The van der Waals surface area contributed by atoms with Crippen LogP contribution in [0.5, 0.6) is 5.75 Å². The van der Waals surface area contributed by atoms with E-state index >= 15 is 0 Å². The van der Waals surface area contributed by atoms with Gasteiger partial charge in [-0.1, -0.05) is 128 Å². The monoisotopic (exact) mass is 404 g/mol. The Bertz CT molecular complexity index is 784. The number of aromatic hydroxyl groups is 1. The average Bonchev–Trinajstić information content (AvgIpc) is 2.82. The van der Waals surface area contributed by atoms with Crippen molar-refractivity contribution in [1.29, 1.82) is 0 Å². The van der Waals surface area contributed by atoms with Crippen molar-refractivity contribution in [3.8, 4) is 5.75 Å². The fraction of sp³-hybridized carbons (Fsp3) is 0.379. The van der Waals surface area contributed by atoms with Crippen LogP contribution >= 0.6 is 0 Å². The molecule has 3 aromatic carbocycles. The molecule has 3 aromatic rings. The third-order valence-corrected chi connectivity index (χ3v) is 5.39.